The number of carboxylic acid groups (broad SMARTS) is 2. The number of nitrogens with zero attached hydrogens (tertiary/aromatic N) is 1. The molecule has 0 aliphatic rings. The summed E-state index contributed by atoms with van der Waals surface area (Å²) in [6.45, 7) is 1.99. The van der Waals surface area contributed by atoms with Gasteiger partial charge in [0.2, 0.25) is 5.91 Å². The monoisotopic (exact) mass is 294 g/mol. The van der Waals surface area contributed by atoms with Crippen LogP contribution < -0.4 is 5.73 Å². The van der Waals surface area contributed by atoms with Gasteiger partial charge in [-0.2, -0.15) is 0 Å². The number of hydrogen-bond donors (Lipinski definition) is 3. The van der Waals surface area contributed by atoms with E-state index in [1.165, 1.54) is 12.1 Å². The summed E-state index contributed by atoms with van der Waals surface area (Å²) < 4.78 is 0. The molecule has 7 nitrogen and oxygen atoms in total. The number of carbonyl (C=O) groups is 3. The van der Waals surface area contributed by atoms with E-state index in [9.17, 15) is 14.4 Å². The largest absolute Gasteiger partial charge is 0.481 e. The fourth-order valence-corrected chi connectivity index (χ4v) is 1.88. The van der Waals surface area contributed by atoms with Crippen LogP contribution in [0.5, 0.6) is 0 Å². The van der Waals surface area contributed by atoms with Crippen LogP contribution in [0.25, 0.3) is 0 Å². The molecule has 21 heavy (non-hydrogen) atoms. The maximum Gasteiger partial charge on any atom is 0.335 e. The molecule has 1 atom stereocenters. The van der Waals surface area contributed by atoms with E-state index in [0.29, 0.717) is 6.54 Å². The van der Waals surface area contributed by atoms with Gasteiger partial charge in [0, 0.05) is 13.1 Å². The molecule has 0 saturated heterocycles. The highest BCUT2D eigenvalue weighted by Crippen LogP contribution is 2.10. The molecule has 0 aromatic heterocycles. The zero-order valence-corrected chi connectivity index (χ0v) is 11.7. The van der Waals surface area contributed by atoms with E-state index in [-0.39, 0.29) is 18.7 Å². The summed E-state index contributed by atoms with van der Waals surface area (Å²) in [6.07, 6.45) is 0. The summed E-state index contributed by atoms with van der Waals surface area (Å²) in [4.78, 5) is 34.3. The number of aromatic carboxylic acids is 1. The zero-order chi connectivity index (χ0) is 16.0. The lowest BCUT2D eigenvalue weighted by Crippen LogP contribution is -2.37. The van der Waals surface area contributed by atoms with Crippen LogP contribution >= 0.6 is 0 Å². The SMILES string of the molecule is CC(CN(CC(N)=O)Cc1ccc(C(=O)O)cc1)C(=O)O. The van der Waals surface area contributed by atoms with Gasteiger partial charge in [0.1, 0.15) is 0 Å². The van der Waals surface area contributed by atoms with E-state index >= 15 is 0 Å². The van der Waals surface area contributed by atoms with Gasteiger partial charge < -0.3 is 15.9 Å². The predicted molar refractivity (Wildman–Crippen MR) is 74.7 cm³/mol. The Kier molecular flexibility index (Phi) is 5.86. The van der Waals surface area contributed by atoms with Gasteiger partial charge in [0.15, 0.2) is 0 Å². The Morgan fingerprint density at radius 1 is 1.19 bits per heavy atom. The number of aliphatic carboxylic acids is 1. The average molecular weight is 294 g/mol. The Bertz CT molecular complexity index is 527. The molecule has 0 spiro atoms. The van der Waals surface area contributed by atoms with Gasteiger partial charge in [-0.1, -0.05) is 19.1 Å². The molecule has 1 aromatic rings. The molecule has 0 saturated carbocycles. The third-order valence-corrected chi connectivity index (χ3v) is 2.94. The number of rotatable bonds is 8. The molecule has 0 bridgehead atoms. The minimum Gasteiger partial charge on any atom is -0.481 e. The van der Waals surface area contributed by atoms with Crippen molar-refractivity contribution in [2.45, 2.75) is 13.5 Å². The lowest BCUT2D eigenvalue weighted by atomic mass is 10.1. The molecule has 0 aliphatic heterocycles. The first-order chi connectivity index (χ1) is 9.79. The van der Waals surface area contributed by atoms with Crippen molar-refractivity contribution in [1.82, 2.24) is 4.90 Å². The average Bonchev–Trinajstić information content (AvgIpc) is 2.38. The van der Waals surface area contributed by atoms with Crippen molar-refractivity contribution in [2.75, 3.05) is 13.1 Å². The summed E-state index contributed by atoms with van der Waals surface area (Å²) in [5.41, 5.74) is 6.10. The van der Waals surface area contributed by atoms with E-state index in [4.69, 9.17) is 15.9 Å². The molecular weight excluding hydrogens is 276 g/mol. The molecule has 1 rings (SSSR count). The summed E-state index contributed by atoms with van der Waals surface area (Å²) in [5.74, 6) is -3.15. The maximum atomic E-state index is 11.1. The molecule has 4 N–H and O–H groups in total. The van der Waals surface area contributed by atoms with Gasteiger partial charge in [-0.3, -0.25) is 14.5 Å². The number of hydrogen-bond acceptors (Lipinski definition) is 4. The van der Waals surface area contributed by atoms with Crippen molar-refractivity contribution in [3.8, 4) is 0 Å². The summed E-state index contributed by atoms with van der Waals surface area (Å²) in [5, 5.41) is 17.7. The first-order valence-corrected chi connectivity index (χ1v) is 6.35. The highest BCUT2D eigenvalue weighted by molar-refractivity contribution is 5.87. The fourth-order valence-electron chi connectivity index (χ4n) is 1.88. The van der Waals surface area contributed by atoms with Crippen LogP contribution in [-0.4, -0.2) is 46.0 Å². The van der Waals surface area contributed by atoms with Gasteiger partial charge in [-0.25, -0.2) is 4.79 Å². The number of primary amides is 1. The van der Waals surface area contributed by atoms with Crippen molar-refractivity contribution in [3.05, 3.63) is 35.4 Å². The normalized spacial score (nSPS) is 12.1. The van der Waals surface area contributed by atoms with Crippen LogP contribution in [0.1, 0.15) is 22.8 Å². The summed E-state index contributed by atoms with van der Waals surface area (Å²) >= 11 is 0. The Morgan fingerprint density at radius 2 is 1.76 bits per heavy atom. The Labute approximate surface area is 122 Å². The van der Waals surface area contributed by atoms with Crippen molar-refractivity contribution in [1.29, 1.82) is 0 Å². The Morgan fingerprint density at radius 3 is 2.19 bits per heavy atom. The smallest absolute Gasteiger partial charge is 0.335 e. The van der Waals surface area contributed by atoms with E-state index in [1.54, 1.807) is 24.0 Å². The number of carboxylic acids is 2. The molecule has 1 amide bonds. The minimum absolute atomic E-state index is 0.0572. The number of amides is 1. The Hall–Kier alpha value is -2.41. The molecule has 1 aromatic carbocycles. The van der Waals surface area contributed by atoms with Gasteiger partial charge in [-0.15, -0.1) is 0 Å². The molecule has 1 unspecified atom stereocenters. The summed E-state index contributed by atoms with van der Waals surface area (Å²) in [6, 6.07) is 6.17. The first kappa shape index (κ1) is 16.6. The first-order valence-electron chi connectivity index (χ1n) is 6.35. The van der Waals surface area contributed by atoms with Crippen molar-refractivity contribution in [2.24, 2.45) is 11.7 Å². The van der Waals surface area contributed by atoms with Gasteiger partial charge in [-0.05, 0) is 17.7 Å². The number of benzene rings is 1. The third-order valence-electron chi connectivity index (χ3n) is 2.94. The number of nitrogens with two attached hydrogens (primary N) is 1. The van der Waals surface area contributed by atoms with Gasteiger partial charge >= 0.3 is 11.9 Å². The Balaban J connectivity index is 2.77. The quantitative estimate of drug-likeness (QED) is 0.638. The molecule has 7 heteroatoms. The topological polar surface area (TPSA) is 121 Å². The van der Waals surface area contributed by atoms with Crippen molar-refractivity contribution in [3.63, 3.8) is 0 Å². The molecule has 0 heterocycles. The second-order valence-corrected chi connectivity index (χ2v) is 4.88. The van der Waals surface area contributed by atoms with Crippen LogP contribution in [-0.2, 0) is 16.1 Å². The second-order valence-electron chi connectivity index (χ2n) is 4.88. The zero-order valence-electron chi connectivity index (χ0n) is 11.7. The standard InChI is InChI=1S/C14H18N2O5/c1-9(13(18)19)6-16(8-12(15)17)7-10-2-4-11(5-3-10)14(20)21/h2-5,9H,6-8H2,1H3,(H2,15,17)(H,18,19)(H,20,21). The van der Waals surface area contributed by atoms with Crippen molar-refractivity contribution < 1.29 is 24.6 Å². The highest BCUT2D eigenvalue weighted by Gasteiger charge is 2.18. The van der Waals surface area contributed by atoms with Crippen LogP contribution in [0.3, 0.4) is 0 Å². The maximum absolute atomic E-state index is 11.1. The van der Waals surface area contributed by atoms with Crippen LogP contribution in [0.2, 0.25) is 0 Å². The summed E-state index contributed by atoms with van der Waals surface area (Å²) in [7, 11) is 0. The molecule has 0 aliphatic carbocycles. The van der Waals surface area contributed by atoms with Crippen molar-refractivity contribution >= 4 is 17.8 Å². The van der Waals surface area contributed by atoms with E-state index in [2.05, 4.69) is 0 Å². The second kappa shape index (κ2) is 7.39. The predicted octanol–water partition coefficient (Wildman–Crippen LogP) is 0.393. The molecule has 114 valence electrons. The van der Waals surface area contributed by atoms with Gasteiger partial charge in [0.05, 0.1) is 18.0 Å². The lowest BCUT2D eigenvalue weighted by molar-refractivity contribution is -0.142. The highest BCUT2D eigenvalue weighted by atomic mass is 16.4. The van der Waals surface area contributed by atoms with E-state index < -0.39 is 23.8 Å². The lowest BCUT2D eigenvalue weighted by Gasteiger charge is -2.22. The number of carbonyl (C=O) groups excluding carboxylic acids is 1. The van der Waals surface area contributed by atoms with E-state index in [1.807, 2.05) is 0 Å². The molecule has 0 fully saturated rings. The van der Waals surface area contributed by atoms with Gasteiger partial charge in [0.25, 0.3) is 0 Å². The van der Waals surface area contributed by atoms with E-state index in [0.717, 1.165) is 5.56 Å². The minimum atomic E-state index is -1.02. The molecular formula is C14H18N2O5. The fraction of sp³-hybridized carbons (Fsp3) is 0.357. The van der Waals surface area contributed by atoms with Crippen LogP contribution in [0.15, 0.2) is 24.3 Å². The molecule has 0 radical (unpaired) electrons. The van der Waals surface area contributed by atoms with Crippen LogP contribution in [0.4, 0.5) is 0 Å². The van der Waals surface area contributed by atoms with Crippen LogP contribution in [0, 0.1) is 5.92 Å². The third kappa shape index (κ3) is 5.62.